The molecule has 18 heavy (non-hydrogen) atoms. The summed E-state index contributed by atoms with van der Waals surface area (Å²) in [7, 11) is 0. The van der Waals surface area contributed by atoms with E-state index in [-0.39, 0.29) is 11.7 Å². The highest BCUT2D eigenvalue weighted by atomic mass is 19.1. The first-order valence-electron chi connectivity index (χ1n) is 6.21. The van der Waals surface area contributed by atoms with E-state index in [0.717, 1.165) is 18.5 Å². The van der Waals surface area contributed by atoms with Gasteiger partial charge in [-0.1, -0.05) is 19.1 Å². The topological polar surface area (TPSA) is 40.5 Å². The van der Waals surface area contributed by atoms with Crippen molar-refractivity contribution in [1.29, 1.82) is 0 Å². The lowest BCUT2D eigenvalue weighted by atomic mass is 10.0. The number of carboxylic acid groups (broad SMARTS) is 1. The third kappa shape index (κ3) is 2.53. The molecular weight excluding hydrogens is 233 g/mol. The Bertz CT molecular complexity index is 461. The van der Waals surface area contributed by atoms with Crippen LogP contribution < -0.4 is 0 Å². The zero-order chi connectivity index (χ0) is 13.3. The van der Waals surface area contributed by atoms with Crippen molar-refractivity contribution in [2.75, 3.05) is 6.54 Å². The molecule has 2 rings (SSSR count). The van der Waals surface area contributed by atoms with Crippen molar-refractivity contribution in [2.45, 2.75) is 32.9 Å². The van der Waals surface area contributed by atoms with Crippen molar-refractivity contribution < 1.29 is 14.3 Å². The van der Waals surface area contributed by atoms with Crippen LogP contribution in [0.25, 0.3) is 0 Å². The van der Waals surface area contributed by atoms with Crippen molar-refractivity contribution >= 4 is 5.97 Å². The predicted molar refractivity (Wildman–Crippen MR) is 66.8 cm³/mol. The molecule has 0 saturated carbocycles. The number of carbonyl (C=O) groups is 1. The second kappa shape index (κ2) is 5.06. The van der Waals surface area contributed by atoms with E-state index in [9.17, 15) is 14.3 Å². The lowest BCUT2D eigenvalue weighted by Gasteiger charge is -2.23. The van der Waals surface area contributed by atoms with Crippen LogP contribution >= 0.6 is 0 Å². The number of halogens is 1. The summed E-state index contributed by atoms with van der Waals surface area (Å²) in [6, 6.07) is 4.65. The van der Waals surface area contributed by atoms with Crippen LogP contribution in [0.4, 0.5) is 4.39 Å². The average Bonchev–Trinajstić information content (AvgIpc) is 2.65. The van der Waals surface area contributed by atoms with Gasteiger partial charge in [-0.15, -0.1) is 0 Å². The minimum Gasteiger partial charge on any atom is -0.480 e. The minimum absolute atomic E-state index is 0.151. The normalized spacial score (nSPS) is 24.4. The van der Waals surface area contributed by atoms with Crippen molar-refractivity contribution in [3.63, 3.8) is 0 Å². The molecule has 4 heteroatoms. The second-order valence-corrected chi connectivity index (χ2v) is 5.10. The largest absolute Gasteiger partial charge is 0.480 e. The Kier molecular flexibility index (Phi) is 3.66. The van der Waals surface area contributed by atoms with Crippen molar-refractivity contribution in [1.82, 2.24) is 4.90 Å². The fourth-order valence-electron chi connectivity index (χ4n) is 2.57. The zero-order valence-corrected chi connectivity index (χ0v) is 10.7. The first-order chi connectivity index (χ1) is 8.49. The number of nitrogens with zero attached hydrogens (tertiary/aromatic N) is 1. The second-order valence-electron chi connectivity index (χ2n) is 5.10. The highest BCUT2D eigenvalue weighted by molar-refractivity contribution is 5.74. The molecule has 1 aromatic rings. The van der Waals surface area contributed by atoms with Gasteiger partial charge in [0.2, 0.25) is 0 Å². The molecule has 1 fully saturated rings. The summed E-state index contributed by atoms with van der Waals surface area (Å²) in [5.41, 5.74) is 1.45. The van der Waals surface area contributed by atoms with E-state index >= 15 is 0 Å². The molecule has 1 saturated heterocycles. The minimum atomic E-state index is -0.785. The van der Waals surface area contributed by atoms with Gasteiger partial charge in [0, 0.05) is 6.54 Å². The molecule has 2 unspecified atom stereocenters. The summed E-state index contributed by atoms with van der Waals surface area (Å²) in [5, 5.41) is 9.22. The van der Waals surface area contributed by atoms with Gasteiger partial charge in [-0.3, -0.25) is 9.69 Å². The fourth-order valence-corrected chi connectivity index (χ4v) is 2.57. The van der Waals surface area contributed by atoms with E-state index in [2.05, 4.69) is 0 Å². The van der Waals surface area contributed by atoms with Crippen molar-refractivity contribution in [2.24, 2.45) is 5.92 Å². The predicted octanol–water partition coefficient (Wildman–Crippen LogP) is 2.43. The van der Waals surface area contributed by atoms with Crippen LogP contribution in [0.1, 0.15) is 24.5 Å². The first-order valence-corrected chi connectivity index (χ1v) is 6.21. The van der Waals surface area contributed by atoms with Gasteiger partial charge in [-0.25, -0.2) is 4.39 Å². The number of hydrogen-bond donors (Lipinski definition) is 1. The van der Waals surface area contributed by atoms with E-state index in [1.54, 1.807) is 13.0 Å². The first kappa shape index (κ1) is 13.0. The van der Waals surface area contributed by atoms with Gasteiger partial charge < -0.3 is 5.11 Å². The lowest BCUT2D eigenvalue weighted by Crippen LogP contribution is -2.38. The number of aliphatic carboxylic acids is 1. The van der Waals surface area contributed by atoms with Crippen LogP contribution in [-0.2, 0) is 11.3 Å². The quantitative estimate of drug-likeness (QED) is 0.897. The van der Waals surface area contributed by atoms with Gasteiger partial charge in [0.05, 0.1) is 0 Å². The molecule has 2 atom stereocenters. The van der Waals surface area contributed by atoms with E-state index in [0.29, 0.717) is 12.1 Å². The third-order valence-corrected chi connectivity index (χ3v) is 3.68. The molecule has 0 aliphatic carbocycles. The lowest BCUT2D eigenvalue weighted by molar-refractivity contribution is -0.143. The third-order valence-electron chi connectivity index (χ3n) is 3.68. The number of rotatable bonds is 3. The number of hydrogen-bond acceptors (Lipinski definition) is 2. The average molecular weight is 251 g/mol. The summed E-state index contributed by atoms with van der Waals surface area (Å²) >= 11 is 0. The summed E-state index contributed by atoms with van der Waals surface area (Å²) in [5.74, 6) is -0.864. The zero-order valence-electron chi connectivity index (χ0n) is 10.7. The Balaban J connectivity index is 2.13. The Hall–Kier alpha value is -1.42. The van der Waals surface area contributed by atoms with E-state index in [4.69, 9.17) is 0 Å². The van der Waals surface area contributed by atoms with Crippen LogP contribution in [0.15, 0.2) is 18.2 Å². The summed E-state index contributed by atoms with van der Waals surface area (Å²) in [6.07, 6.45) is 0.880. The molecule has 1 heterocycles. The highest BCUT2D eigenvalue weighted by Crippen LogP contribution is 2.26. The molecule has 0 radical (unpaired) electrons. The summed E-state index contributed by atoms with van der Waals surface area (Å²) in [6.45, 7) is 4.93. The maximum atomic E-state index is 13.5. The van der Waals surface area contributed by atoms with Crippen molar-refractivity contribution in [3.05, 3.63) is 35.1 Å². The molecule has 1 aliphatic heterocycles. The molecule has 3 nitrogen and oxygen atoms in total. The van der Waals surface area contributed by atoms with Crippen LogP contribution in [0.5, 0.6) is 0 Å². The van der Waals surface area contributed by atoms with E-state index in [1.165, 1.54) is 6.07 Å². The molecule has 98 valence electrons. The molecule has 0 spiro atoms. The summed E-state index contributed by atoms with van der Waals surface area (Å²) in [4.78, 5) is 13.1. The fraction of sp³-hybridized carbons (Fsp3) is 0.500. The molecule has 1 aromatic carbocycles. The Morgan fingerprint density at radius 3 is 2.89 bits per heavy atom. The SMILES string of the molecule is Cc1ccc(CN2CCC(C)C2C(=O)O)cc1F. The molecular formula is C14H18FNO2. The van der Waals surface area contributed by atoms with Gasteiger partial charge >= 0.3 is 5.97 Å². The standard InChI is InChI=1S/C14H18FNO2/c1-9-3-4-11(7-12(9)15)8-16-6-5-10(2)13(16)14(17)18/h3-4,7,10,13H,5-6,8H2,1-2H3,(H,17,18). The molecule has 1 N–H and O–H groups in total. The molecule has 0 amide bonds. The van der Waals surface area contributed by atoms with E-state index in [1.807, 2.05) is 17.9 Å². The van der Waals surface area contributed by atoms with Crippen LogP contribution in [0, 0.1) is 18.7 Å². The van der Waals surface area contributed by atoms with Gasteiger partial charge in [-0.05, 0) is 43.0 Å². The number of aryl methyl sites for hydroxylation is 1. The Morgan fingerprint density at radius 1 is 1.56 bits per heavy atom. The highest BCUT2D eigenvalue weighted by Gasteiger charge is 2.36. The number of benzene rings is 1. The van der Waals surface area contributed by atoms with Gasteiger partial charge in [0.1, 0.15) is 11.9 Å². The van der Waals surface area contributed by atoms with Gasteiger partial charge in [0.15, 0.2) is 0 Å². The van der Waals surface area contributed by atoms with Crippen LogP contribution in [0.2, 0.25) is 0 Å². The van der Waals surface area contributed by atoms with E-state index < -0.39 is 12.0 Å². The van der Waals surface area contributed by atoms with Crippen LogP contribution in [0.3, 0.4) is 0 Å². The maximum Gasteiger partial charge on any atom is 0.321 e. The molecule has 1 aliphatic rings. The van der Waals surface area contributed by atoms with Gasteiger partial charge in [-0.2, -0.15) is 0 Å². The monoisotopic (exact) mass is 251 g/mol. The number of likely N-dealkylation sites (tertiary alicyclic amines) is 1. The Labute approximate surface area is 106 Å². The molecule has 0 bridgehead atoms. The number of carboxylic acids is 1. The summed E-state index contributed by atoms with van der Waals surface area (Å²) < 4.78 is 13.5. The van der Waals surface area contributed by atoms with Crippen LogP contribution in [-0.4, -0.2) is 28.6 Å². The molecule has 0 aromatic heterocycles. The maximum absolute atomic E-state index is 13.5. The van der Waals surface area contributed by atoms with Crippen molar-refractivity contribution in [3.8, 4) is 0 Å². The smallest absolute Gasteiger partial charge is 0.321 e. The van der Waals surface area contributed by atoms with Gasteiger partial charge in [0.25, 0.3) is 0 Å². The Morgan fingerprint density at radius 2 is 2.28 bits per heavy atom.